The summed E-state index contributed by atoms with van der Waals surface area (Å²) >= 11 is 0. The van der Waals surface area contributed by atoms with Crippen LogP contribution in [0.3, 0.4) is 0 Å². The van der Waals surface area contributed by atoms with Gasteiger partial charge in [-0.3, -0.25) is 9.59 Å². The van der Waals surface area contributed by atoms with Crippen LogP contribution in [0.5, 0.6) is 11.5 Å². The van der Waals surface area contributed by atoms with E-state index >= 15 is 0 Å². The van der Waals surface area contributed by atoms with Gasteiger partial charge in [0, 0.05) is 5.41 Å². The standard InChI is InChI=1S/C19H27NO4/c1-18(2,3)16(17(22)19(4,5)6)20-15(21)10-12-7-8-13-14(9-12)24-11-23-13/h7-9,16H,10-11H2,1-6H3,(H,20,21). The van der Waals surface area contributed by atoms with Gasteiger partial charge in [0.1, 0.15) is 0 Å². The summed E-state index contributed by atoms with van der Waals surface area (Å²) in [5, 5.41) is 2.92. The molecule has 0 spiro atoms. The number of Topliss-reactive ketones (excluding diaryl/α,β-unsaturated/α-hetero) is 1. The minimum atomic E-state index is -0.529. The number of benzene rings is 1. The summed E-state index contributed by atoms with van der Waals surface area (Å²) in [7, 11) is 0. The predicted molar refractivity (Wildman–Crippen MR) is 92.1 cm³/mol. The zero-order valence-corrected chi connectivity index (χ0v) is 15.4. The average Bonchev–Trinajstić information content (AvgIpc) is 2.89. The Labute approximate surface area is 143 Å². The summed E-state index contributed by atoms with van der Waals surface area (Å²) in [5.74, 6) is 1.20. The molecule has 1 atom stereocenters. The summed E-state index contributed by atoms with van der Waals surface area (Å²) in [4.78, 5) is 25.2. The normalized spacial score (nSPS) is 15.1. The summed E-state index contributed by atoms with van der Waals surface area (Å²) in [6.07, 6.45) is 0.195. The predicted octanol–water partition coefficient (Wildman–Crippen LogP) is 3.10. The molecule has 0 aromatic heterocycles. The largest absolute Gasteiger partial charge is 0.454 e. The van der Waals surface area contributed by atoms with E-state index in [1.807, 2.05) is 47.6 Å². The second-order valence-corrected chi connectivity index (χ2v) is 8.35. The van der Waals surface area contributed by atoms with Gasteiger partial charge in [-0.2, -0.15) is 0 Å². The van der Waals surface area contributed by atoms with Gasteiger partial charge in [0.05, 0.1) is 12.5 Å². The first kappa shape index (κ1) is 18.3. The van der Waals surface area contributed by atoms with Crippen molar-refractivity contribution in [2.75, 3.05) is 6.79 Å². The zero-order valence-electron chi connectivity index (χ0n) is 15.4. The van der Waals surface area contributed by atoms with Crippen LogP contribution in [0.2, 0.25) is 0 Å². The molecule has 132 valence electrons. The SMILES string of the molecule is CC(C)(C)C(=O)C(NC(=O)Cc1ccc2c(c1)OCO2)C(C)(C)C. The number of ether oxygens (including phenoxy) is 2. The van der Waals surface area contributed by atoms with Crippen molar-refractivity contribution in [3.05, 3.63) is 23.8 Å². The van der Waals surface area contributed by atoms with Gasteiger partial charge in [-0.1, -0.05) is 47.6 Å². The Balaban J connectivity index is 2.09. The van der Waals surface area contributed by atoms with Crippen molar-refractivity contribution < 1.29 is 19.1 Å². The van der Waals surface area contributed by atoms with Crippen LogP contribution >= 0.6 is 0 Å². The van der Waals surface area contributed by atoms with Crippen LogP contribution in [-0.2, 0) is 16.0 Å². The first-order valence-electron chi connectivity index (χ1n) is 8.21. The van der Waals surface area contributed by atoms with Gasteiger partial charge in [0.2, 0.25) is 12.7 Å². The first-order chi connectivity index (χ1) is 11.0. The third-order valence-corrected chi connectivity index (χ3v) is 3.97. The zero-order chi connectivity index (χ0) is 18.1. The first-order valence-corrected chi connectivity index (χ1v) is 8.21. The van der Waals surface area contributed by atoms with Gasteiger partial charge in [0.25, 0.3) is 0 Å². The van der Waals surface area contributed by atoms with Crippen molar-refractivity contribution in [3.8, 4) is 11.5 Å². The summed E-state index contributed by atoms with van der Waals surface area (Å²) in [6.45, 7) is 11.7. The number of fused-ring (bicyclic) bond motifs is 1. The van der Waals surface area contributed by atoms with E-state index in [4.69, 9.17) is 9.47 Å². The fourth-order valence-electron chi connectivity index (χ4n) is 2.56. The van der Waals surface area contributed by atoms with Gasteiger partial charge in [0.15, 0.2) is 17.3 Å². The van der Waals surface area contributed by atoms with E-state index < -0.39 is 11.5 Å². The molecular weight excluding hydrogens is 306 g/mol. The van der Waals surface area contributed by atoms with Crippen molar-refractivity contribution in [1.82, 2.24) is 5.32 Å². The molecule has 1 heterocycles. The molecular formula is C19H27NO4. The third kappa shape index (κ3) is 4.28. The van der Waals surface area contributed by atoms with Gasteiger partial charge < -0.3 is 14.8 Å². The molecule has 0 saturated heterocycles. The van der Waals surface area contributed by atoms with E-state index in [-0.39, 0.29) is 30.3 Å². The highest BCUT2D eigenvalue weighted by atomic mass is 16.7. The third-order valence-electron chi connectivity index (χ3n) is 3.97. The highest BCUT2D eigenvalue weighted by Crippen LogP contribution is 2.33. The monoisotopic (exact) mass is 333 g/mol. The molecule has 1 aromatic carbocycles. The molecule has 1 aromatic rings. The lowest BCUT2D eigenvalue weighted by Crippen LogP contribution is -2.53. The quantitative estimate of drug-likeness (QED) is 0.919. The number of nitrogens with one attached hydrogen (secondary N) is 1. The van der Waals surface area contributed by atoms with Crippen LogP contribution in [0.25, 0.3) is 0 Å². The Kier molecular flexibility index (Phi) is 4.92. The summed E-state index contributed by atoms with van der Waals surface area (Å²) in [6, 6.07) is 4.91. The molecule has 0 saturated carbocycles. The molecule has 0 radical (unpaired) electrons. The maximum atomic E-state index is 12.7. The molecule has 0 fully saturated rings. The molecule has 2 rings (SSSR count). The molecule has 1 unspecified atom stereocenters. The lowest BCUT2D eigenvalue weighted by molar-refractivity contribution is -0.135. The molecule has 1 amide bonds. The smallest absolute Gasteiger partial charge is 0.231 e. The van der Waals surface area contributed by atoms with Crippen LogP contribution in [0.4, 0.5) is 0 Å². The van der Waals surface area contributed by atoms with Crippen molar-refractivity contribution in [2.45, 2.75) is 54.0 Å². The van der Waals surface area contributed by atoms with E-state index in [0.29, 0.717) is 11.5 Å². The topological polar surface area (TPSA) is 64.6 Å². The molecule has 5 nitrogen and oxygen atoms in total. The Bertz CT molecular complexity index is 638. The molecule has 0 aliphatic carbocycles. The summed E-state index contributed by atoms with van der Waals surface area (Å²) in [5.41, 5.74) is -0.0357. The van der Waals surface area contributed by atoms with Crippen molar-refractivity contribution in [3.63, 3.8) is 0 Å². The highest BCUT2D eigenvalue weighted by molar-refractivity contribution is 5.93. The van der Waals surface area contributed by atoms with E-state index in [1.54, 1.807) is 12.1 Å². The molecule has 5 heteroatoms. The Hall–Kier alpha value is -2.04. The number of hydrogen-bond donors (Lipinski definition) is 1. The Morgan fingerprint density at radius 3 is 2.29 bits per heavy atom. The van der Waals surface area contributed by atoms with Gasteiger partial charge in [-0.15, -0.1) is 0 Å². The van der Waals surface area contributed by atoms with Crippen LogP contribution in [-0.4, -0.2) is 24.5 Å². The fourth-order valence-corrected chi connectivity index (χ4v) is 2.56. The van der Waals surface area contributed by atoms with Crippen LogP contribution in [0, 0.1) is 10.8 Å². The van der Waals surface area contributed by atoms with E-state index in [1.165, 1.54) is 0 Å². The Morgan fingerprint density at radius 2 is 1.71 bits per heavy atom. The van der Waals surface area contributed by atoms with Crippen molar-refractivity contribution in [2.24, 2.45) is 10.8 Å². The number of rotatable bonds is 4. The number of ketones is 1. The molecule has 0 bridgehead atoms. The molecule has 24 heavy (non-hydrogen) atoms. The minimum Gasteiger partial charge on any atom is -0.454 e. The maximum absolute atomic E-state index is 12.7. The van der Waals surface area contributed by atoms with Crippen LogP contribution in [0.15, 0.2) is 18.2 Å². The number of carbonyl (C=O) groups excluding carboxylic acids is 2. The van der Waals surface area contributed by atoms with E-state index in [9.17, 15) is 9.59 Å². The number of carbonyl (C=O) groups is 2. The van der Waals surface area contributed by atoms with Crippen molar-refractivity contribution >= 4 is 11.7 Å². The maximum Gasteiger partial charge on any atom is 0.231 e. The second kappa shape index (κ2) is 6.46. The van der Waals surface area contributed by atoms with Crippen LogP contribution in [0.1, 0.15) is 47.1 Å². The average molecular weight is 333 g/mol. The highest BCUT2D eigenvalue weighted by Gasteiger charge is 2.38. The molecule has 1 N–H and O–H groups in total. The number of amides is 1. The Morgan fingerprint density at radius 1 is 1.08 bits per heavy atom. The second-order valence-electron chi connectivity index (χ2n) is 8.35. The minimum absolute atomic E-state index is 0.0361. The van der Waals surface area contributed by atoms with E-state index in [0.717, 1.165) is 5.56 Å². The van der Waals surface area contributed by atoms with Gasteiger partial charge in [-0.05, 0) is 23.1 Å². The van der Waals surface area contributed by atoms with Gasteiger partial charge >= 0.3 is 0 Å². The van der Waals surface area contributed by atoms with Crippen molar-refractivity contribution in [1.29, 1.82) is 0 Å². The number of hydrogen-bond acceptors (Lipinski definition) is 4. The summed E-state index contributed by atoms with van der Waals surface area (Å²) < 4.78 is 10.6. The fraction of sp³-hybridized carbons (Fsp3) is 0.579. The lowest BCUT2D eigenvalue weighted by Gasteiger charge is -2.34. The lowest BCUT2D eigenvalue weighted by atomic mass is 9.75. The molecule has 1 aliphatic heterocycles. The van der Waals surface area contributed by atoms with E-state index in [2.05, 4.69) is 5.32 Å². The van der Waals surface area contributed by atoms with Crippen LogP contribution < -0.4 is 14.8 Å². The molecule has 1 aliphatic rings. The van der Waals surface area contributed by atoms with Gasteiger partial charge in [-0.25, -0.2) is 0 Å².